The Morgan fingerprint density at radius 3 is 2.05 bits per heavy atom. The molecule has 0 aliphatic heterocycles. The first-order chi connectivity index (χ1) is 10.3. The molecular formula is C18H17OSSi. The maximum Gasteiger partial charge on any atom is 0.196 e. The SMILES string of the molecule is CCCc1cccc2sc3cccc(CC[Si])c3c(=O)c12. The van der Waals surface area contributed by atoms with Gasteiger partial charge in [-0.2, -0.15) is 0 Å². The maximum atomic E-state index is 13.1. The second kappa shape index (κ2) is 6.12. The minimum atomic E-state index is 0.207. The predicted octanol–water partition coefficient (Wildman–Crippen LogP) is 4.50. The molecule has 2 aromatic carbocycles. The van der Waals surface area contributed by atoms with Crippen molar-refractivity contribution in [3.05, 3.63) is 57.7 Å². The van der Waals surface area contributed by atoms with Crippen molar-refractivity contribution in [2.45, 2.75) is 32.2 Å². The van der Waals surface area contributed by atoms with Crippen molar-refractivity contribution in [1.82, 2.24) is 0 Å². The van der Waals surface area contributed by atoms with Gasteiger partial charge in [0, 0.05) is 30.4 Å². The van der Waals surface area contributed by atoms with Gasteiger partial charge in [0.15, 0.2) is 5.43 Å². The van der Waals surface area contributed by atoms with Crippen LogP contribution in [0.2, 0.25) is 6.04 Å². The summed E-state index contributed by atoms with van der Waals surface area (Å²) in [7, 11) is 3.54. The number of benzene rings is 2. The molecule has 0 fully saturated rings. The van der Waals surface area contributed by atoms with Gasteiger partial charge in [0.05, 0.1) is 0 Å². The molecule has 3 rings (SSSR count). The van der Waals surface area contributed by atoms with Gasteiger partial charge in [-0.25, -0.2) is 0 Å². The van der Waals surface area contributed by atoms with E-state index in [2.05, 4.69) is 53.6 Å². The average molecular weight is 309 g/mol. The van der Waals surface area contributed by atoms with Gasteiger partial charge in [-0.1, -0.05) is 43.7 Å². The van der Waals surface area contributed by atoms with Crippen LogP contribution in [0.4, 0.5) is 0 Å². The molecule has 0 aliphatic rings. The molecule has 21 heavy (non-hydrogen) atoms. The van der Waals surface area contributed by atoms with Crippen LogP contribution in [0.25, 0.3) is 20.2 Å². The third kappa shape index (κ3) is 2.56. The topological polar surface area (TPSA) is 17.1 Å². The van der Waals surface area contributed by atoms with Crippen molar-refractivity contribution in [3.8, 4) is 0 Å². The van der Waals surface area contributed by atoms with E-state index in [9.17, 15) is 4.79 Å². The summed E-state index contributed by atoms with van der Waals surface area (Å²) in [6.45, 7) is 2.16. The highest BCUT2D eigenvalue weighted by molar-refractivity contribution is 7.24. The summed E-state index contributed by atoms with van der Waals surface area (Å²) in [5.41, 5.74) is 2.54. The standard InChI is InChI=1S/C18H17OSSi/c1-2-5-12-6-3-8-14-16(12)18(19)17-13(10-11-21)7-4-9-15(17)20-14/h3-4,6-9H,2,5,10-11H2,1H3. The summed E-state index contributed by atoms with van der Waals surface area (Å²) >= 11 is 1.73. The molecule has 0 atom stereocenters. The zero-order valence-electron chi connectivity index (χ0n) is 12.1. The van der Waals surface area contributed by atoms with Crippen LogP contribution < -0.4 is 5.43 Å². The fourth-order valence-electron chi connectivity index (χ4n) is 2.90. The Labute approximate surface area is 132 Å². The van der Waals surface area contributed by atoms with E-state index in [0.29, 0.717) is 0 Å². The molecule has 3 heteroatoms. The maximum absolute atomic E-state index is 13.1. The molecule has 0 bridgehead atoms. The quantitative estimate of drug-likeness (QED) is 0.512. The second-order valence-electron chi connectivity index (χ2n) is 5.26. The van der Waals surface area contributed by atoms with E-state index in [1.165, 1.54) is 5.56 Å². The van der Waals surface area contributed by atoms with Gasteiger partial charge in [0.25, 0.3) is 0 Å². The first-order valence-corrected chi connectivity index (χ1v) is 8.89. The van der Waals surface area contributed by atoms with Crippen molar-refractivity contribution >= 4 is 41.8 Å². The van der Waals surface area contributed by atoms with Crippen LogP contribution in [-0.4, -0.2) is 10.2 Å². The van der Waals surface area contributed by atoms with Gasteiger partial charge in [-0.05, 0) is 36.1 Å². The lowest BCUT2D eigenvalue weighted by molar-refractivity contribution is 0.929. The van der Waals surface area contributed by atoms with E-state index >= 15 is 0 Å². The molecule has 0 aliphatic carbocycles. The van der Waals surface area contributed by atoms with Crippen molar-refractivity contribution in [2.24, 2.45) is 0 Å². The summed E-state index contributed by atoms with van der Waals surface area (Å²) in [6.07, 6.45) is 2.91. The van der Waals surface area contributed by atoms with Gasteiger partial charge in [0.1, 0.15) is 0 Å². The Morgan fingerprint density at radius 2 is 1.52 bits per heavy atom. The van der Waals surface area contributed by atoms with Crippen molar-refractivity contribution in [3.63, 3.8) is 0 Å². The van der Waals surface area contributed by atoms with Gasteiger partial charge in [-0.15, -0.1) is 11.3 Å². The molecule has 1 nitrogen and oxygen atoms in total. The van der Waals surface area contributed by atoms with E-state index in [4.69, 9.17) is 0 Å². The zero-order valence-corrected chi connectivity index (χ0v) is 13.9. The predicted molar refractivity (Wildman–Crippen MR) is 93.9 cm³/mol. The Kier molecular flexibility index (Phi) is 4.22. The molecular weight excluding hydrogens is 292 g/mol. The van der Waals surface area contributed by atoms with Gasteiger partial charge in [-0.3, -0.25) is 4.79 Å². The zero-order chi connectivity index (χ0) is 14.8. The molecule has 0 amide bonds. The van der Waals surface area contributed by atoms with Crippen LogP contribution >= 0.6 is 11.3 Å². The molecule has 1 aromatic heterocycles. The van der Waals surface area contributed by atoms with Crippen LogP contribution in [0.1, 0.15) is 24.5 Å². The van der Waals surface area contributed by atoms with Gasteiger partial charge < -0.3 is 0 Å². The molecule has 0 unspecified atom stereocenters. The summed E-state index contributed by atoms with van der Waals surface area (Å²) in [5, 5.41) is 1.84. The smallest absolute Gasteiger partial charge is 0.196 e. The Balaban J connectivity index is 2.43. The number of rotatable bonds is 4. The molecule has 0 N–H and O–H groups in total. The molecule has 0 saturated heterocycles. The van der Waals surface area contributed by atoms with Crippen LogP contribution in [-0.2, 0) is 12.8 Å². The lowest BCUT2D eigenvalue weighted by Crippen LogP contribution is -2.07. The first kappa shape index (κ1) is 14.5. The van der Waals surface area contributed by atoms with Gasteiger partial charge >= 0.3 is 0 Å². The van der Waals surface area contributed by atoms with Crippen LogP contribution in [0, 0.1) is 0 Å². The third-order valence-electron chi connectivity index (χ3n) is 3.81. The monoisotopic (exact) mass is 309 g/mol. The highest BCUT2D eigenvalue weighted by Gasteiger charge is 2.12. The second-order valence-corrected chi connectivity index (χ2v) is 6.85. The highest BCUT2D eigenvalue weighted by Crippen LogP contribution is 2.29. The lowest BCUT2D eigenvalue weighted by Gasteiger charge is -2.09. The lowest BCUT2D eigenvalue weighted by atomic mass is 10.0. The largest absolute Gasteiger partial charge is 0.288 e. The normalized spacial score (nSPS) is 11.3. The number of hydrogen-bond donors (Lipinski definition) is 0. The molecule has 0 spiro atoms. The van der Waals surface area contributed by atoms with Crippen molar-refractivity contribution < 1.29 is 0 Å². The Hall–Kier alpha value is -1.45. The summed E-state index contributed by atoms with van der Waals surface area (Å²) in [5.74, 6) is 0. The number of fused-ring (bicyclic) bond motifs is 2. The Bertz CT molecular complexity index is 784. The molecule has 1 heterocycles. The van der Waals surface area contributed by atoms with E-state index in [-0.39, 0.29) is 5.43 Å². The van der Waals surface area contributed by atoms with E-state index in [1.54, 1.807) is 11.3 Å². The summed E-state index contributed by atoms with van der Waals surface area (Å²) < 4.78 is 2.20. The Morgan fingerprint density at radius 1 is 0.952 bits per heavy atom. The molecule has 0 saturated carbocycles. The van der Waals surface area contributed by atoms with E-state index < -0.39 is 0 Å². The summed E-state index contributed by atoms with van der Waals surface area (Å²) in [4.78, 5) is 13.1. The molecule has 105 valence electrons. The molecule has 3 radical (unpaired) electrons. The highest BCUT2D eigenvalue weighted by atomic mass is 32.1. The number of aryl methyl sites for hydroxylation is 2. The molecule has 3 aromatic rings. The number of hydrogen-bond acceptors (Lipinski definition) is 2. The fourth-order valence-corrected chi connectivity index (χ4v) is 4.35. The van der Waals surface area contributed by atoms with Gasteiger partial charge in [0.2, 0.25) is 0 Å². The van der Waals surface area contributed by atoms with E-state index in [1.807, 2.05) is 0 Å². The van der Waals surface area contributed by atoms with Crippen LogP contribution in [0.3, 0.4) is 0 Å². The van der Waals surface area contributed by atoms with Crippen molar-refractivity contribution in [1.29, 1.82) is 0 Å². The first-order valence-electron chi connectivity index (χ1n) is 7.37. The fraction of sp³-hybridized carbons (Fsp3) is 0.278. The third-order valence-corrected chi connectivity index (χ3v) is 5.18. The summed E-state index contributed by atoms with van der Waals surface area (Å²) in [6, 6.07) is 13.3. The minimum absolute atomic E-state index is 0.207. The minimum Gasteiger partial charge on any atom is -0.288 e. The van der Waals surface area contributed by atoms with Crippen LogP contribution in [0.5, 0.6) is 0 Å². The van der Waals surface area contributed by atoms with Crippen molar-refractivity contribution in [2.75, 3.05) is 0 Å². The van der Waals surface area contributed by atoms with E-state index in [0.717, 1.165) is 51.0 Å². The average Bonchev–Trinajstić information content (AvgIpc) is 2.48. The van der Waals surface area contributed by atoms with Crippen LogP contribution in [0.15, 0.2) is 41.2 Å².